The fraction of sp³-hybridized carbons (Fsp3) is 0.0189. The fourth-order valence-corrected chi connectivity index (χ4v) is 11.2. The average Bonchev–Trinajstić information content (AvgIpc) is 3.82. The first-order valence-electron chi connectivity index (χ1n) is 19.7. The molecule has 0 fully saturated rings. The van der Waals surface area contributed by atoms with Gasteiger partial charge in [0.2, 0.25) is 0 Å². The van der Waals surface area contributed by atoms with Gasteiger partial charge in [-0.3, -0.25) is 0 Å². The summed E-state index contributed by atoms with van der Waals surface area (Å²) in [6.07, 6.45) is 0. The molecule has 0 unspecified atom stereocenters. The van der Waals surface area contributed by atoms with Crippen molar-refractivity contribution < 1.29 is 0 Å². The van der Waals surface area contributed by atoms with Crippen molar-refractivity contribution in [1.82, 2.24) is 0 Å². The van der Waals surface area contributed by atoms with Crippen LogP contribution in [0, 0.1) is 6.92 Å². The molecule has 0 amide bonds. The average molecular weight is 774 g/mol. The minimum Gasteiger partial charge on any atom is -0.355 e. The highest BCUT2D eigenvalue weighted by Crippen LogP contribution is 2.45. The van der Waals surface area contributed by atoms with Crippen LogP contribution in [0.1, 0.15) is 5.56 Å². The van der Waals surface area contributed by atoms with Crippen LogP contribution >= 0.6 is 22.7 Å². The molecule has 0 bridgehead atoms. The predicted octanol–water partition coefficient (Wildman–Crippen LogP) is 14.4. The SMILES string of the molecule is Cc1cc(-c2cc3ccccc3cc2Nc2ccc(-c3ccccc3)cc2)c2c(c1)N(c1ccc3c(c1)sc1ccccc13)c1cc3sc4ccccc4c3cc1[B]2. The van der Waals surface area contributed by atoms with E-state index in [0.29, 0.717) is 0 Å². The maximum absolute atomic E-state index is 3.88. The molecule has 58 heavy (non-hydrogen) atoms. The molecule has 271 valence electrons. The second-order valence-corrected chi connectivity index (χ2v) is 17.5. The lowest BCUT2D eigenvalue weighted by molar-refractivity contribution is 1.29. The molecule has 0 saturated heterocycles. The maximum atomic E-state index is 3.88. The Morgan fingerprint density at radius 1 is 0.466 bits per heavy atom. The molecule has 1 aliphatic rings. The smallest absolute Gasteiger partial charge is 0.197 e. The molecule has 1 radical (unpaired) electrons. The number of aryl methyl sites for hydroxylation is 1. The Hall–Kier alpha value is -6.66. The van der Waals surface area contributed by atoms with Crippen molar-refractivity contribution in [3.8, 4) is 22.3 Å². The van der Waals surface area contributed by atoms with E-state index in [2.05, 4.69) is 206 Å². The van der Waals surface area contributed by atoms with Crippen LogP contribution in [0.4, 0.5) is 28.4 Å². The summed E-state index contributed by atoms with van der Waals surface area (Å²) in [7, 11) is 2.44. The minimum atomic E-state index is 1.05. The molecule has 2 nitrogen and oxygen atoms in total. The summed E-state index contributed by atoms with van der Waals surface area (Å²) in [6, 6.07) is 67.0. The number of fused-ring (bicyclic) bond motifs is 9. The van der Waals surface area contributed by atoms with E-state index in [-0.39, 0.29) is 0 Å². The van der Waals surface area contributed by atoms with Crippen LogP contribution in [0.5, 0.6) is 0 Å². The van der Waals surface area contributed by atoms with Crippen molar-refractivity contribution in [1.29, 1.82) is 0 Å². The molecule has 5 heteroatoms. The van der Waals surface area contributed by atoms with Gasteiger partial charge in [0.15, 0.2) is 7.28 Å². The van der Waals surface area contributed by atoms with Crippen LogP contribution in [-0.4, -0.2) is 7.28 Å². The zero-order chi connectivity index (χ0) is 38.3. The Morgan fingerprint density at radius 3 is 1.88 bits per heavy atom. The van der Waals surface area contributed by atoms with Crippen LogP contribution < -0.4 is 21.1 Å². The molecule has 1 N–H and O–H groups in total. The van der Waals surface area contributed by atoms with Crippen LogP contribution in [0.3, 0.4) is 0 Å². The second-order valence-electron chi connectivity index (χ2n) is 15.3. The van der Waals surface area contributed by atoms with Gasteiger partial charge in [-0.2, -0.15) is 0 Å². The Labute approximate surface area is 345 Å². The summed E-state index contributed by atoms with van der Waals surface area (Å²) >= 11 is 3.75. The Kier molecular flexibility index (Phi) is 7.62. The summed E-state index contributed by atoms with van der Waals surface area (Å²) < 4.78 is 5.23. The Bertz CT molecular complexity index is 3420. The van der Waals surface area contributed by atoms with Crippen LogP contribution in [0.15, 0.2) is 182 Å². The molecule has 11 aromatic rings. The summed E-state index contributed by atoms with van der Waals surface area (Å²) in [5.41, 5.74) is 14.1. The van der Waals surface area contributed by atoms with Crippen LogP contribution in [0.25, 0.3) is 73.4 Å². The van der Waals surface area contributed by atoms with Gasteiger partial charge in [-0.05, 0) is 111 Å². The van der Waals surface area contributed by atoms with E-state index < -0.39 is 0 Å². The topological polar surface area (TPSA) is 15.3 Å². The van der Waals surface area contributed by atoms with Crippen LogP contribution in [-0.2, 0) is 0 Å². The van der Waals surface area contributed by atoms with E-state index >= 15 is 0 Å². The predicted molar refractivity (Wildman–Crippen MR) is 255 cm³/mol. The summed E-state index contributed by atoms with van der Waals surface area (Å²) in [4.78, 5) is 2.52. The number of hydrogen-bond acceptors (Lipinski definition) is 4. The monoisotopic (exact) mass is 773 g/mol. The maximum Gasteiger partial charge on any atom is 0.197 e. The Balaban J connectivity index is 1.07. The lowest BCUT2D eigenvalue weighted by atomic mass is 9.58. The summed E-state index contributed by atoms with van der Waals surface area (Å²) in [5, 5.41) is 11.5. The summed E-state index contributed by atoms with van der Waals surface area (Å²) in [6.45, 7) is 2.23. The van der Waals surface area contributed by atoms with E-state index in [0.717, 1.165) is 11.4 Å². The van der Waals surface area contributed by atoms with Crippen molar-refractivity contribution in [2.45, 2.75) is 6.92 Å². The number of rotatable bonds is 5. The van der Waals surface area contributed by atoms with Gasteiger partial charge in [-0.25, -0.2) is 0 Å². The number of benzene rings is 9. The van der Waals surface area contributed by atoms with Crippen molar-refractivity contribution in [3.05, 3.63) is 188 Å². The van der Waals surface area contributed by atoms with E-state index in [4.69, 9.17) is 0 Å². The number of thiophene rings is 2. The van der Waals surface area contributed by atoms with E-state index in [1.807, 2.05) is 22.7 Å². The molecule has 0 atom stereocenters. The van der Waals surface area contributed by atoms with Gasteiger partial charge in [0.25, 0.3) is 0 Å². The third-order valence-electron chi connectivity index (χ3n) is 11.7. The molecular formula is C53H34BN2S2. The molecule has 3 heterocycles. The lowest BCUT2D eigenvalue weighted by Crippen LogP contribution is -2.41. The first-order chi connectivity index (χ1) is 28.6. The highest BCUT2D eigenvalue weighted by atomic mass is 32.1. The standard InChI is InChI=1S/C53H34BN2S2/c1-32-25-44(42-27-35-13-5-6-14-36(35)28-46(42)55-37-21-19-34(20-22-37)33-11-3-2-4-12-33)53-48(26-32)56(38-23-24-41-39-15-7-9-17-49(39)57-51(41)29-38)47-31-52-43(30-45(47)54-53)40-16-8-10-18-50(40)58-52/h2-31,55H,1H3. The largest absolute Gasteiger partial charge is 0.355 e. The quantitative estimate of drug-likeness (QED) is 0.175. The van der Waals surface area contributed by atoms with Gasteiger partial charge in [-0.15, -0.1) is 22.7 Å². The van der Waals surface area contributed by atoms with Crippen molar-refractivity contribution in [2.75, 3.05) is 10.2 Å². The fourth-order valence-electron chi connectivity index (χ4n) is 8.94. The number of nitrogens with one attached hydrogen (secondary N) is 1. The lowest BCUT2D eigenvalue weighted by Gasteiger charge is -2.35. The van der Waals surface area contributed by atoms with Crippen LogP contribution in [0.2, 0.25) is 0 Å². The summed E-state index contributed by atoms with van der Waals surface area (Å²) in [5.74, 6) is 0. The van der Waals surface area contributed by atoms with Crippen molar-refractivity contribution in [2.24, 2.45) is 0 Å². The highest BCUT2D eigenvalue weighted by molar-refractivity contribution is 7.26. The molecule has 9 aromatic carbocycles. The van der Waals surface area contributed by atoms with E-state index in [1.54, 1.807) is 0 Å². The zero-order valence-electron chi connectivity index (χ0n) is 31.7. The normalized spacial score (nSPS) is 12.3. The van der Waals surface area contributed by atoms with Gasteiger partial charge in [-0.1, -0.05) is 127 Å². The highest BCUT2D eigenvalue weighted by Gasteiger charge is 2.30. The number of nitrogens with zero attached hydrogens (tertiary/aromatic N) is 1. The van der Waals surface area contributed by atoms with Crippen molar-refractivity contribution in [3.63, 3.8) is 0 Å². The second kappa shape index (κ2) is 13.2. The van der Waals surface area contributed by atoms with Gasteiger partial charge in [0, 0.05) is 69.0 Å². The first-order valence-corrected chi connectivity index (χ1v) is 21.4. The minimum absolute atomic E-state index is 1.05. The van der Waals surface area contributed by atoms with E-state index in [1.165, 1.54) is 107 Å². The molecular weight excluding hydrogens is 740 g/mol. The van der Waals surface area contributed by atoms with Gasteiger partial charge in [0.05, 0.1) is 0 Å². The number of hydrogen-bond donors (Lipinski definition) is 1. The number of anilines is 5. The molecule has 0 spiro atoms. The van der Waals surface area contributed by atoms with Crippen molar-refractivity contribution >= 4 is 120 Å². The Morgan fingerprint density at radius 2 is 1.10 bits per heavy atom. The van der Waals surface area contributed by atoms with E-state index in [9.17, 15) is 0 Å². The third-order valence-corrected chi connectivity index (χ3v) is 13.9. The van der Waals surface area contributed by atoms with Gasteiger partial charge in [0.1, 0.15) is 0 Å². The zero-order valence-corrected chi connectivity index (χ0v) is 33.3. The third kappa shape index (κ3) is 5.46. The van der Waals surface area contributed by atoms with Gasteiger partial charge < -0.3 is 10.2 Å². The molecule has 2 aromatic heterocycles. The molecule has 1 aliphatic heterocycles. The first kappa shape index (κ1) is 33.5. The molecule has 0 aliphatic carbocycles. The van der Waals surface area contributed by atoms with Gasteiger partial charge >= 0.3 is 0 Å². The molecule has 0 saturated carbocycles. The molecule has 12 rings (SSSR count).